The molecular formula is C15H21Cl2N5O. The quantitative estimate of drug-likeness (QED) is 0.910. The molecule has 1 amide bonds. The molecule has 2 aromatic heterocycles. The minimum atomic E-state index is 0. The molecule has 0 spiro atoms. The van der Waals surface area contributed by atoms with Crippen LogP contribution in [0.25, 0.3) is 5.69 Å². The summed E-state index contributed by atoms with van der Waals surface area (Å²) in [6.45, 7) is 4.19. The van der Waals surface area contributed by atoms with Crippen LogP contribution in [0.1, 0.15) is 23.7 Å². The van der Waals surface area contributed by atoms with Crippen molar-refractivity contribution < 1.29 is 4.79 Å². The molecule has 1 atom stereocenters. The van der Waals surface area contributed by atoms with E-state index in [1.54, 1.807) is 29.5 Å². The molecule has 2 aromatic rings. The van der Waals surface area contributed by atoms with Crippen LogP contribution in [-0.4, -0.2) is 45.2 Å². The van der Waals surface area contributed by atoms with E-state index in [-0.39, 0.29) is 36.1 Å². The van der Waals surface area contributed by atoms with Gasteiger partial charge in [-0.3, -0.25) is 9.78 Å². The van der Waals surface area contributed by atoms with Crippen LogP contribution in [0.15, 0.2) is 36.9 Å². The standard InChI is InChI=1S/C15H19N5O.2ClH/c1-15(10-16)4-6-19(11-15)14(21)12-7-18-20(9-12)13-3-2-5-17-8-13;;/h2-3,5,7-9H,4,6,10-11,16H2,1H3;2*1H. The summed E-state index contributed by atoms with van der Waals surface area (Å²) in [5, 5.41) is 4.24. The second-order valence-corrected chi connectivity index (χ2v) is 5.88. The van der Waals surface area contributed by atoms with Gasteiger partial charge in [-0.05, 0) is 30.5 Å². The Morgan fingerprint density at radius 3 is 2.78 bits per heavy atom. The number of aromatic nitrogens is 3. The van der Waals surface area contributed by atoms with Crippen LogP contribution in [-0.2, 0) is 0 Å². The summed E-state index contributed by atoms with van der Waals surface area (Å²) in [5.41, 5.74) is 7.26. The summed E-state index contributed by atoms with van der Waals surface area (Å²) in [4.78, 5) is 18.4. The van der Waals surface area contributed by atoms with E-state index in [0.717, 1.165) is 18.7 Å². The lowest BCUT2D eigenvalue weighted by atomic mass is 9.90. The Labute approximate surface area is 147 Å². The Balaban J connectivity index is 0.00000132. The zero-order valence-corrected chi connectivity index (χ0v) is 14.5. The van der Waals surface area contributed by atoms with Crippen LogP contribution in [0, 0.1) is 5.41 Å². The third-order valence-corrected chi connectivity index (χ3v) is 4.08. The van der Waals surface area contributed by atoms with E-state index in [1.807, 2.05) is 17.0 Å². The molecule has 2 N–H and O–H groups in total. The van der Waals surface area contributed by atoms with E-state index in [9.17, 15) is 4.79 Å². The zero-order valence-electron chi connectivity index (χ0n) is 12.9. The molecule has 0 bridgehead atoms. The van der Waals surface area contributed by atoms with E-state index >= 15 is 0 Å². The van der Waals surface area contributed by atoms with Gasteiger partial charge < -0.3 is 10.6 Å². The van der Waals surface area contributed by atoms with E-state index < -0.39 is 0 Å². The Morgan fingerprint density at radius 2 is 2.17 bits per heavy atom. The molecule has 126 valence electrons. The highest BCUT2D eigenvalue weighted by Gasteiger charge is 2.35. The summed E-state index contributed by atoms with van der Waals surface area (Å²) >= 11 is 0. The van der Waals surface area contributed by atoms with Crippen molar-refractivity contribution in [3.63, 3.8) is 0 Å². The maximum Gasteiger partial charge on any atom is 0.257 e. The third kappa shape index (κ3) is 4.02. The zero-order chi connectivity index (χ0) is 14.9. The number of nitrogens with zero attached hydrogens (tertiary/aromatic N) is 4. The molecule has 0 radical (unpaired) electrons. The second-order valence-electron chi connectivity index (χ2n) is 5.88. The van der Waals surface area contributed by atoms with Crippen molar-refractivity contribution in [2.24, 2.45) is 11.1 Å². The molecular weight excluding hydrogens is 337 g/mol. The highest BCUT2D eigenvalue weighted by atomic mass is 35.5. The average Bonchev–Trinajstić information content (AvgIpc) is 3.15. The summed E-state index contributed by atoms with van der Waals surface area (Å²) in [7, 11) is 0. The predicted molar refractivity (Wildman–Crippen MR) is 93.5 cm³/mol. The van der Waals surface area contributed by atoms with Gasteiger partial charge in [0.05, 0.1) is 23.6 Å². The van der Waals surface area contributed by atoms with Crippen molar-refractivity contribution >= 4 is 30.7 Å². The Kier molecular flexibility index (Phi) is 6.56. The van der Waals surface area contributed by atoms with Crippen LogP contribution in [0.3, 0.4) is 0 Å². The van der Waals surface area contributed by atoms with Gasteiger partial charge in [-0.1, -0.05) is 6.92 Å². The van der Waals surface area contributed by atoms with Crippen molar-refractivity contribution in [2.45, 2.75) is 13.3 Å². The first-order valence-corrected chi connectivity index (χ1v) is 7.06. The number of amides is 1. The van der Waals surface area contributed by atoms with Crippen molar-refractivity contribution in [3.05, 3.63) is 42.5 Å². The monoisotopic (exact) mass is 357 g/mol. The molecule has 3 rings (SSSR count). The van der Waals surface area contributed by atoms with Crippen molar-refractivity contribution in [1.29, 1.82) is 0 Å². The van der Waals surface area contributed by atoms with Crippen LogP contribution in [0.4, 0.5) is 0 Å². The van der Waals surface area contributed by atoms with Gasteiger partial charge in [0.2, 0.25) is 0 Å². The van der Waals surface area contributed by atoms with Gasteiger partial charge in [0.1, 0.15) is 0 Å². The van der Waals surface area contributed by atoms with Gasteiger partial charge in [0.25, 0.3) is 5.91 Å². The number of carbonyl (C=O) groups is 1. The minimum absolute atomic E-state index is 0. The molecule has 6 nitrogen and oxygen atoms in total. The molecule has 8 heteroatoms. The smallest absolute Gasteiger partial charge is 0.257 e. The Bertz CT molecular complexity index is 648. The number of halogens is 2. The van der Waals surface area contributed by atoms with Crippen molar-refractivity contribution in [1.82, 2.24) is 19.7 Å². The van der Waals surface area contributed by atoms with Gasteiger partial charge in [-0.25, -0.2) is 4.68 Å². The molecule has 1 aliphatic heterocycles. The maximum absolute atomic E-state index is 12.5. The van der Waals surface area contributed by atoms with Crippen LogP contribution in [0.2, 0.25) is 0 Å². The first kappa shape index (κ1) is 19.4. The van der Waals surface area contributed by atoms with Crippen LogP contribution < -0.4 is 5.73 Å². The summed E-state index contributed by atoms with van der Waals surface area (Å²) < 4.78 is 1.67. The normalized spacial score (nSPS) is 19.8. The predicted octanol–water partition coefficient (Wildman–Crippen LogP) is 1.92. The summed E-state index contributed by atoms with van der Waals surface area (Å²) in [6.07, 6.45) is 7.72. The lowest BCUT2D eigenvalue weighted by Gasteiger charge is -2.22. The molecule has 0 saturated carbocycles. The lowest BCUT2D eigenvalue weighted by molar-refractivity contribution is 0.0777. The number of rotatable bonds is 3. The number of pyridine rings is 1. The molecule has 23 heavy (non-hydrogen) atoms. The molecule has 0 aliphatic carbocycles. The Hall–Kier alpha value is -1.63. The summed E-state index contributed by atoms with van der Waals surface area (Å²) in [5.74, 6) is 0.0160. The molecule has 1 fully saturated rings. The van der Waals surface area contributed by atoms with Gasteiger partial charge in [-0.2, -0.15) is 5.10 Å². The molecule has 0 aromatic carbocycles. The van der Waals surface area contributed by atoms with E-state index in [4.69, 9.17) is 5.73 Å². The fraction of sp³-hybridized carbons (Fsp3) is 0.400. The number of hydrogen-bond acceptors (Lipinski definition) is 4. The molecule has 1 unspecified atom stereocenters. The number of carbonyl (C=O) groups excluding carboxylic acids is 1. The Morgan fingerprint density at radius 1 is 1.39 bits per heavy atom. The first-order valence-electron chi connectivity index (χ1n) is 7.06. The third-order valence-electron chi connectivity index (χ3n) is 4.08. The van der Waals surface area contributed by atoms with E-state index in [2.05, 4.69) is 17.0 Å². The van der Waals surface area contributed by atoms with E-state index in [1.165, 1.54) is 0 Å². The van der Waals surface area contributed by atoms with E-state index in [0.29, 0.717) is 18.7 Å². The maximum atomic E-state index is 12.5. The number of likely N-dealkylation sites (tertiary alicyclic amines) is 1. The topological polar surface area (TPSA) is 77.0 Å². The van der Waals surface area contributed by atoms with Crippen LogP contribution in [0.5, 0.6) is 0 Å². The first-order chi connectivity index (χ1) is 10.1. The molecule has 3 heterocycles. The number of hydrogen-bond donors (Lipinski definition) is 1. The van der Waals surface area contributed by atoms with Gasteiger partial charge in [0.15, 0.2) is 0 Å². The fourth-order valence-corrected chi connectivity index (χ4v) is 2.61. The largest absolute Gasteiger partial charge is 0.338 e. The SMILES string of the molecule is CC1(CN)CCN(C(=O)c2cnn(-c3cccnc3)c2)C1.Cl.Cl. The van der Waals surface area contributed by atoms with Gasteiger partial charge in [0, 0.05) is 25.5 Å². The summed E-state index contributed by atoms with van der Waals surface area (Å²) in [6, 6.07) is 3.74. The molecule has 1 saturated heterocycles. The number of nitrogens with two attached hydrogens (primary N) is 1. The minimum Gasteiger partial charge on any atom is -0.338 e. The van der Waals surface area contributed by atoms with Gasteiger partial charge >= 0.3 is 0 Å². The highest BCUT2D eigenvalue weighted by molar-refractivity contribution is 5.94. The second kappa shape index (κ2) is 7.77. The fourth-order valence-electron chi connectivity index (χ4n) is 2.61. The highest BCUT2D eigenvalue weighted by Crippen LogP contribution is 2.29. The van der Waals surface area contributed by atoms with Crippen molar-refractivity contribution in [3.8, 4) is 5.69 Å². The van der Waals surface area contributed by atoms with Gasteiger partial charge in [-0.15, -0.1) is 24.8 Å². The van der Waals surface area contributed by atoms with Crippen LogP contribution >= 0.6 is 24.8 Å². The average molecular weight is 358 g/mol. The lowest BCUT2D eigenvalue weighted by Crippen LogP contribution is -2.34. The molecule has 1 aliphatic rings. The van der Waals surface area contributed by atoms with Crippen molar-refractivity contribution in [2.75, 3.05) is 19.6 Å².